The number of ether oxygens (including phenoxy) is 3. The standard InChI is InChI=1S/C18H24N2O4S/c1-22-10-8-20(9-11-23-2)18(21)16-13-25-17(19-16)12-14-4-6-15(24-3)7-5-14/h4-7,13H,8-12H2,1-3H3. The number of hydrogen-bond donors (Lipinski definition) is 0. The van der Waals surface area contributed by atoms with Crippen molar-refractivity contribution in [2.45, 2.75) is 6.42 Å². The molecule has 136 valence electrons. The lowest BCUT2D eigenvalue weighted by Gasteiger charge is -2.20. The van der Waals surface area contributed by atoms with Gasteiger partial charge in [-0.15, -0.1) is 11.3 Å². The molecule has 0 bridgehead atoms. The van der Waals surface area contributed by atoms with Gasteiger partial charge in [0.25, 0.3) is 5.91 Å². The molecule has 1 aromatic carbocycles. The Morgan fingerprint density at radius 2 is 1.72 bits per heavy atom. The first-order chi connectivity index (χ1) is 12.2. The smallest absolute Gasteiger partial charge is 0.273 e. The number of carbonyl (C=O) groups is 1. The van der Waals surface area contributed by atoms with Gasteiger partial charge in [0, 0.05) is 39.1 Å². The summed E-state index contributed by atoms with van der Waals surface area (Å²) >= 11 is 1.50. The van der Waals surface area contributed by atoms with E-state index in [0.717, 1.165) is 16.3 Å². The fourth-order valence-electron chi connectivity index (χ4n) is 2.29. The highest BCUT2D eigenvalue weighted by Crippen LogP contribution is 2.18. The molecule has 25 heavy (non-hydrogen) atoms. The molecule has 0 radical (unpaired) electrons. The van der Waals surface area contributed by atoms with Gasteiger partial charge in [-0.2, -0.15) is 0 Å². The van der Waals surface area contributed by atoms with Gasteiger partial charge in [0.1, 0.15) is 11.4 Å². The summed E-state index contributed by atoms with van der Waals surface area (Å²) in [5, 5.41) is 2.72. The quantitative estimate of drug-likeness (QED) is 0.648. The number of carbonyl (C=O) groups excluding carboxylic acids is 1. The molecule has 0 atom stereocenters. The van der Waals surface area contributed by atoms with Crippen molar-refractivity contribution in [2.24, 2.45) is 0 Å². The van der Waals surface area contributed by atoms with E-state index < -0.39 is 0 Å². The first kappa shape index (κ1) is 19.4. The molecule has 0 saturated carbocycles. The van der Waals surface area contributed by atoms with Crippen LogP contribution in [0.5, 0.6) is 5.75 Å². The highest BCUT2D eigenvalue weighted by Gasteiger charge is 2.18. The van der Waals surface area contributed by atoms with Gasteiger partial charge in [-0.05, 0) is 17.7 Å². The van der Waals surface area contributed by atoms with E-state index in [1.54, 1.807) is 26.2 Å². The van der Waals surface area contributed by atoms with Crippen LogP contribution in [0.1, 0.15) is 21.1 Å². The van der Waals surface area contributed by atoms with Gasteiger partial charge in [-0.25, -0.2) is 4.98 Å². The summed E-state index contributed by atoms with van der Waals surface area (Å²) in [5.41, 5.74) is 1.60. The molecule has 0 saturated heterocycles. The zero-order valence-electron chi connectivity index (χ0n) is 14.9. The normalized spacial score (nSPS) is 10.7. The van der Waals surface area contributed by atoms with E-state index in [0.29, 0.717) is 38.4 Å². The van der Waals surface area contributed by atoms with Gasteiger partial charge >= 0.3 is 0 Å². The molecular weight excluding hydrogens is 340 g/mol. The Hall–Kier alpha value is -1.96. The largest absolute Gasteiger partial charge is 0.497 e. The van der Waals surface area contributed by atoms with Crippen molar-refractivity contribution >= 4 is 17.2 Å². The van der Waals surface area contributed by atoms with Crippen LogP contribution in [0, 0.1) is 0 Å². The van der Waals surface area contributed by atoms with Crippen LogP contribution in [0.3, 0.4) is 0 Å². The Balaban J connectivity index is 2.02. The van der Waals surface area contributed by atoms with Crippen LogP contribution in [-0.2, 0) is 15.9 Å². The predicted octanol–water partition coefficient (Wildman–Crippen LogP) is 2.48. The van der Waals surface area contributed by atoms with E-state index in [9.17, 15) is 4.79 Å². The molecule has 2 aromatic rings. The average Bonchev–Trinajstić information content (AvgIpc) is 3.10. The van der Waals surface area contributed by atoms with Gasteiger partial charge in [-0.3, -0.25) is 4.79 Å². The molecule has 0 N–H and O–H groups in total. The number of methoxy groups -OCH3 is 3. The van der Waals surface area contributed by atoms with Crippen LogP contribution < -0.4 is 4.74 Å². The van der Waals surface area contributed by atoms with E-state index in [4.69, 9.17) is 14.2 Å². The Morgan fingerprint density at radius 1 is 1.08 bits per heavy atom. The van der Waals surface area contributed by atoms with Crippen molar-refractivity contribution in [3.63, 3.8) is 0 Å². The molecule has 0 aliphatic heterocycles. The maximum absolute atomic E-state index is 12.6. The van der Waals surface area contributed by atoms with Crippen molar-refractivity contribution in [2.75, 3.05) is 47.6 Å². The van der Waals surface area contributed by atoms with E-state index in [1.807, 2.05) is 29.6 Å². The lowest BCUT2D eigenvalue weighted by atomic mass is 10.1. The lowest BCUT2D eigenvalue weighted by molar-refractivity contribution is 0.0622. The van der Waals surface area contributed by atoms with Crippen molar-refractivity contribution in [3.05, 3.63) is 45.9 Å². The Morgan fingerprint density at radius 3 is 2.28 bits per heavy atom. The van der Waals surface area contributed by atoms with Crippen molar-refractivity contribution in [1.29, 1.82) is 0 Å². The van der Waals surface area contributed by atoms with Crippen LogP contribution in [0.2, 0.25) is 0 Å². The van der Waals surface area contributed by atoms with Gasteiger partial charge in [-0.1, -0.05) is 12.1 Å². The zero-order valence-corrected chi connectivity index (χ0v) is 15.7. The molecular formula is C18H24N2O4S. The lowest BCUT2D eigenvalue weighted by Crippen LogP contribution is -2.36. The topological polar surface area (TPSA) is 60.9 Å². The van der Waals surface area contributed by atoms with E-state index >= 15 is 0 Å². The fraction of sp³-hybridized carbons (Fsp3) is 0.444. The van der Waals surface area contributed by atoms with Crippen LogP contribution in [0.15, 0.2) is 29.6 Å². The number of aromatic nitrogens is 1. The van der Waals surface area contributed by atoms with E-state index in [2.05, 4.69) is 4.98 Å². The molecule has 1 heterocycles. The molecule has 7 heteroatoms. The Labute approximate surface area is 152 Å². The summed E-state index contributed by atoms with van der Waals surface area (Å²) in [6.45, 7) is 2.00. The minimum Gasteiger partial charge on any atom is -0.497 e. The van der Waals surface area contributed by atoms with Crippen molar-refractivity contribution in [3.8, 4) is 5.75 Å². The third-order valence-electron chi connectivity index (χ3n) is 3.70. The number of hydrogen-bond acceptors (Lipinski definition) is 6. The minimum atomic E-state index is -0.0914. The number of amides is 1. The predicted molar refractivity (Wildman–Crippen MR) is 97.6 cm³/mol. The highest BCUT2D eigenvalue weighted by atomic mass is 32.1. The molecule has 0 aliphatic rings. The summed E-state index contributed by atoms with van der Waals surface area (Å²) in [6.07, 6.45) is 0.693. The Bertz CT molecular complexity index is 649. The number of rotatable bonds is 10. The van der Waals surface area contributed by atoms with Gasteiger partial charge < -0.3 is 19.1 Å². The molecule has 0 fully saturated rings. The van der Waals surface area contributed by atoms with Crippen LogP contribution in [0.4, 0.5) is 0 Å². The van der Waals surface area contributed by atoms with E-state index in [1.165, 1.54) is 11.3 Å². The van der Waals surface area contributed by atoms with Gasteiger partial charge in [0.15, 0.2) is 0 Å². The second-order valence-electron chi connectivity index (χ2n) is 5.43. The summed E-state index contributed by atoms with van der Waals surface area (Å²) < 4.78 is 15.3. The first-order valence-electron chi connectivity index (χ1n) is 8.02. The maximum atomic E-state index is 12.6. The molecule has 1 amide bonds. The first-order valence-corrected chi connectivity index (χ1v) is 8.90. The Kier molecular flexibility index (Phi) is 7.84. The SMILES string of the molecule is COCCN(CCOC)C(=O)c1csc(Cc2ccc(OC)cc2)n1. The van der Waals surface area contributed by atoms with Crippen LogP contribution in [-0.4, -0.2) is 63.4 Å². The monoisotopic (exact) mass is 364 g/mol. The molecule has 2 rings (SSSR count). The van der Waals surface area contributed by atoms with Gasteiger partial charge in [0.05, 0.1) is 25.3 Å². The second kappa shape index (κ2) is 10.1. The van der Waals surface area contributed by atoms with E-state index in [-0.39, 0.29) is 5.91 Å². The number of thiazole rings is 1. The molecule has 6 nitrogen and oxygen atoms in total. The van der Waals surface area contributed by atoms with Crippen LogP contribution in [0.25, 0.3) is 0 Å². The molecule has 0 aliphatic carbocycles. The fourth-order valence-corrected chi connectivity index (χ4v) is 3.09. The second-order valence-corrected chi connectivity index (χ2v) is 6.37. The third-order valence-corrected chi connectivity index (χ3v) is 4.55. The van der Waals surface area contributed by atoms with Gasteiger partial charge in [0.2, 0.25) is 0 Å². The summed E-state index contributed by atoms with van der Waals surface area (Å²) in [4.78, 5) is 18.9. The van der Waals surface area contributed by atoms with Crippen molar-refractivity contribution < 1.29 is 19.0 Å². The summed E-state index contributed by atoms with van der Waals surface area (Å²) in [6, 6.07) is 7.86. The van der Waals surface area contributed by atoms with Crippen molar-refractivity contribution in [1.82, 2.24) is 9.88 Å². The molecule has 0 unspecified atom stereocenters. The average molecular weight is 364 g/mol. The summed E-state index contributed by atoms with van der Waals surface area (Å²) in [5.74, 6) is 0.733. The number of nitrogens with zero attached hydrogens (tertiary/aromatic N) is 2. The highest BCUT2D eigenvalue weighted by molar-refractivity contribution is 7.09. The minimum absolute atomic E-state index is 0.0914. The molecule has 0 spiro atoms. The van der Waals surface area contributed by atoms with Crippen LogP contribution >= 0.6 is 11.3 Å². The molecule has 1 aromatic heterocycles. The maximum Gasteiger partial charge on any atom is 0.273 e. The third kappa shape index (κ3) is 5.81. The summed E-state index contributed by atoms with van der Waals surface area (Å²) in [7, 11) is 4.89. The number of benzene rings is 1. The zero-order chi connectivity index (χ0) is 18.1.